The molecule has 0 bridgehead atoms. The average Bonchev–Trinajstić information content (AvgIpc) is 2.82. The fourth-order valence-electron chi connectivity index (χ4n) is 4.20. The Labute approximate surface area is 221 Å². The molecule has 0 fully saturated rings. The fourth-order valence-corrected chi connectivity index (χ4v) is 9.39. The number of carboxylic acids is 1. The van der Waals surface area contributed by atoms with Crippen LogP contribution in [0.4, 0.5) is 0 Å². The fraction of sp³-hybridized carbons (Fsp3) is 0.958. The summed E-state index contributed by atoms with van der Waals surface area (Å²) in [4.78, 5) is 14.2. The van der Waals surface area contributed by atoms with Crippen LogP contribution < -0.4 is 0 Å². The van der Waals surface area contributed by atoms with E-state index >= 15 is 0 Å². The molecule has 2 atom stereocenters. The largest absolute Gasteiger partial charge is 0.500 e. The highest BCUT2D eigenvalue weighted by Crippen LogP contribution is 2.22. The highest BCUT2D eigenvalue weighted by Gasteiger charge is 2.41. The Balaban J connectivity index is 5.50. The Hall–Kier alpha value is -0.416. The molecule has 10 nitrogen and oxygen atoms in total. The van der Waals surface area contributed by atoms with Crippen molar-refractivity contribution in [2.45, 2.75) is 79.5 Å². The van der Waals surface area contributed by atoms with Gasteiger partial charge < -0.3 is 41.3 Å². The molecular formula is C24H53NO9Si2. The van der Waals surface area contributed by atoms with Gasteiger partial charge in [0.15, 0.2) is 0 Å². The van der Waals surface area contributed by atoms with Gasteiger partial charge in [-0.05, 0) is 74.4 Å². The van der Waals surface area contributed by atoms with Crippen LogP contribution in [0.3, 0.4) is 0 Å². The van der Waals surface area contributed by atoms with E-state index in [1.807, 2.05) is 41.5 Å². The molecule has 216 valence electrons. The lowest BCUT2D eigenvalue weighted by atomic mass is 10.0. The van der Waals surface area contributed by atoms with Crippen LogP contribution in [0.2, 0.25) is 12.1 Å². The standard InChI is InChI=1S/C24H53NO9Si2/c1-9-29-35(30-10-2,31-11-3)19-15-17-25(21-23(24(26)27)22(7)28-8)18-16-20-36(32-12-4,33-13-5)34-14-6/h22-23H,9-21H2,1-8H3,(H,26,27). The Morgan fingerprint density at radius 1 is 0.722 bits per heavy atom. The van der Waals surface area contributed by atoms with Crippen molar-refractivity contribution >= 4 is 23.6 Å². The summed E-state index contributed by atoms with van der Waals surface area (Å²) in [6.07, 6.45) is 1.13. The molecule has 0 saturated heterocycles. The van der Waals surface area contributed by atoms with Crippen LogP contribution in [-0.4, -0.2) is 106 Å². The second-order valence-electron chi connectivity index (χ2n) is 8.36. The van der Waals surface area contributed by atoms with Crippen LogP contribution in [0.1, 0.15) is 61.3 Å². The number of methoxy groups -OCH3 is 1. The van der Waals surface area contributed by atoms with Crippen molar-refractivity contribution in [2.75, 3.05) is 66.4 Å². The first-order chi connectivity index (χ1) is 17.2. The minimum absolute atomic E-state index is 0.378. The molecule has 0 spiro atoms. The molecule has 0 amide bonds. The Bertz CT molecular complexity index is 494. The third kappa shape index (κ3) is 13.4. The zero-order chi connectivity index (χ0) is 27.5. The van der Waals surface area contributed by atoms with E-state index in [9.17, 15) is 9.90 Å². The van der Waals surface area contributed by atoms with E-state index in [0.29, 0.717) is 71.4 Å². The first kappa shape index (κ1) is 35.6. The normalized spacial score (nSPS) is 14.4. The lowest BCUT2D eigenvalue weighted by molar-refractivity contribution is -0.147. The van der Waals surface area contributed by atoms with Gasteiger partial charge >= 0.3 is 23.6 Å². The van der Waals surface area contributed by atoms with Gasteiger partial charge in [0, 0.05) is 65.4 Å². The number of hydrogen-bond donors (Lipinski definition) is 1. The van der Waals surface area contributed by atoms with Crippen molar-refractivity contribution < 1.29 is 41.2 Å². The number of carboxylic acid groups (broad SMARTS) is 1. The zero-order valence-corrected chi connectivity index (χ0v) is 26.0. The summed E-state index contributed by atoms with van der Waals surface area (Å²) >= 11 is 0. The van der Waals surface area contributed by atoms with Crippen LogP contribution in [0.25, 0.3) is 0 Å². The number of hydrogen-bond acceptors (Lipinski definition) is 9. The highest BCUT2D eigenvalue weighted by atomic mass is 28.4. The minimum atomic E-state index is -2.77. The topological polar surface area (TPSA) is 105 Å². The molecular weight excluding hydrogens is 502 g/mol. The molecule has 0 aromatic heterocycles. The van der Waals surface area contributed by atoms with E-state index in [1.165, 1.54) is 0 Å². The van der Waals surface area contributed by atoms with Gasteiger partial charge in [-0.15, -0.1) is 0 Å². The van der Waals surface area contributed by atoms with E-state index in [2.05, 4.69) is 4.90 Å². The van der Waals surface area contributed by atoms with Gasteiger partial charge in [0.1, 0.15) is 0 Å². The van der Waals surface area contributed by atoms with Gasteiger partial charge in [-0.2, -0.15) is 0 Å². The molecule has 0 aliphatic carbocycles. The molecule has 0 rings (SSSR count). The van der Waals surface area contributed by atoms with E-state index in [1.54, 1.807) is 14.0 Å². The summed E-state index contributed by atoms with van der Waals surface area (Å²) < 4.78 is 41.3. The lowest BCUT2D eigenvalue weighted by Crippen LogP contribution is -2.47. The molecule has 0 heterocycles. The Morgan fingerprint density at radius 2 is 1.06 bits per heavy atom. The van der Waals surface area contributed by atoms with Gasteiger partial charge in [0.25, 0.3) is 0 Å². The van der Waals surface area contributed by atoms with Crippen molar-refractivity contribution in [1.82, 2.24) is 4.90 Å². The number of nitrogens with zero attached hydrogens (tertiary/aromatic N) is 1. The quantitative estimate of drug-likeness (QED) is 0.167. The van der Waals surface area contributed by atoms with Gasteiger partial charge in [-0.3, -0.25) is 4.79 Å². The number of aliphatic carboxylic acids is 1. The van der Waals surface area contributed by atoms with Crippen molar-refractivity contribution in [3.8, 4) is 0 Å². The smallest absolute Gasteiger partial charge is 0.481 e. The van der Waals surface area contributed by atoms with Crippen molar-refractivity contribution in [3.05, 3.63) is 0 Å². The Kier molecular flexibility index (Phi) is 20.3. The molecule has 0 aromatic carbocycles. The summed E-state index contributed by atoms with van der Waals surface area (Å²) in [5, 5.41) is 9.84. The molecule has 36 heavy (non-hydrogen) atoms. The van der Waals surface area contributed by atoms with Gasteiger partial charge in [0.2, 0.25) is 0 Å². The molecule has 0 saturated carbocycles. The van der Waals surface area contributed by atoms with Gasteiger partial charge in [-0.25, -0.2) is 0 Å². The maximum Gasteiger partial charge on any atom is 0.500 e. The maximum absolute atomic E-state index is 12.0. The predicted molar refractivity (Wildman–Crippen MR) is 144 cm³/mol. The summed E-state index contributed by atoms with van der Waals surface area (Å²) in [7, 11) is -3.99. The predicted octanol–water partition coefficient (Wildman–Crippen LogP) is 3.90. The number of rotatable bonds is 25. The van der Waals surface area contributed by atoms with Crippen LogP contribution in [0, 0.1) is 5.92 Å². The van der Waals surface area contributed by atoms with Crippen molar-refractivity contribution in [1.29, 1.82) is 0 Å². The van der Waals surface area contributed by atoms with E-state index in [0.717, 1.165) is 12.8 Å². The summed E-state index contributed by atoms with van der Waals surface area (Å²) in [5.41, 5.74) is 0. The van der Waals surface area contributed by atoms with E-state index in [-0.39, 0.29) is 0 Å². The minimum Gasteiger partial charge on any atom is -0.481 e. The summed E-state index contributed by atoms with van der Waals surface area (Å²) in [6, 6.07) is 1.35. The second-order valence-corrected chi connectivity index (χ2v) is 13.8. The molecule has 0 radical (unpaired) electrons. The van der Waals surface area contributed by atoms with Gasteiger partial charge in [0.05, 0.1) is 12.0 Å². The van der Waals surface area contributed by atoms with Crippen molar-refractivity contribution in [3.63, 3.8) is 0 Å². The third-order valence-corrected chi connectivity index (χ3v) is 12.1. The second kappa shape index (κ2) is 20.5. The molecule has 0 aliphatic heterocycles. The Morgan fingerprint density at radius 3 is 1.31 bits per heavy atom. The van der Waals surface area contributed by atoms with E-state index in [4.69, 9.17) is 31.3 Å². The molecule has 0 aliphatic rings. The van der Waals surface area contributed by atoms with Crippen LogP contribution in [0.15, 0.2) is 0 Å². The van der Waals surface area contributed by atoms with Gasteiger partial charge in [-0.1, -0.05) is 0 Å². The molecule has 0 aromatic rings. The molecule has 1 N–H and O–H groups in total. The highest BCUT2D eigenvalue weighted by molar-refractivity contribution is 6.61. The summed E-state index contributed by atoms with van der Waals surface area (Å²) in [6.45, 7) is 18.4. The maximum atomic E-state index is 12.0. The first-order valence-electron chi connectivity index (χ1n) is 13.5. The lowest BCUT2D eigenvalue weighted by Gasteiger charge is -2.32. The SMILES string of the molecule is CCO[Si](CCCN(CCC[Si](OCC)(OCC)OCC)CC(C(=O)O)C(C)OC)(OCC)OCC. The number of ether oxygens (including phenoxy) is 1. The van der Waals surface area contributed by atoms with Crippen LogP contribution >= 0.6 is 0 Å². The molecule has 2 unspecified atom stereocenters. The molecule has 12 heteroatoms. The zero-order valence-electron chi connectivity index (χ0n) is 24.0. The third-order valence-electron chi connectivity index (χ3n) is 5.81. The monoisotopic (exact) mass is 555 g/mol. The first-order valence-corrected chi connectivity index (χ1v) is 17.4. The van der Waals surface area contributed by atoms with Crippen molar-refractivity contribution in [2.24, 2.45) is 5.92 Å². The average molecular weight is 556 g/mol. The van der Waals surface area contributed by atoms with Crippen LogP contribution in [0.5, 0.6) is 0 Å². The van der Waals surface area contributed by atoms with E-state index < -0.39 is 35.6 Å². The van der Waals surface area contributed by atoms with Crippen LogP contribution in [-0.2, 0) is 36.1 Å². The number of carbonyl (C=O) groups is 1. The summed E-state index contributed by atoms with van der Waals surface area (Å²) in [5.74, 6) is -1.51.